The van der Waals surface area contributed by atoms with Gasteiger partial charge in [0.2, 0.25) is 5.91 Å². The number of halogens is 1. The van der Waals surface area contributed by atoms with E-state index >= 15 is 0 Å². The number of urea groups is 1. The van der Waals surface area contributed by atoms with E-state index in [1.54, 1.807) is 12.1 Å². The summed E-state index contributed by atoms with van der Waals surface area (Å²) in [6, 6.07) is 13.1. The van der Waals surface area contributed by atoms with E-state index in [1.807, 2.05) is 26.0 Å². The van der Waals surface area contributed by atoms with E-state index < -0.39 is 30.2 Å². The molecule has 4 amide bonds. The van der Waals surface area contributed by atoms with Crippen LogP contribution in [0.1, 0.15) is 28.1 Å². The van der Waals surface area contributed by atoms with E-state index in [9.17, 15) is 18.8 Å². The summed E-state index contributed by atoms with van der Waals surface area (Å²) < 4.78 is 15.9. The molecule has 1 aliphatic rings. The van der Waals surface area contributed by atoms with Crippen molar-refractivity contribution >= 4 is 29.6 Å². The fourth-order valence-electron chi connectivity index (χ4n) is 3.96. The van der Waals surface area contributed by atoms with Crippen LogP contribution in [0.3, 0.4) is 0 Å². The van der Waals surface area contributed by atoms with Crippen molar-refractivity contribution in [2.75, 3.05) is 11.9 Å². The lowest BCUT2D eigenvalue weighted by atomic mass is 10.1. The maximum atomic E-state index is 13.8. The molecule has 0 bridgehead atoms. The number of anilines is 1. The fraction of sp³-hybridized carbons (Fsp3) is 0.192. The summed E-state index contributed by atoms with van der Waals surface area (Å²) in [6.45, 7) is 7.49. The molecule has 8 heteroatoms. The Hall–Kier alpha value is -4.20. The highest BCUT2D eigenvalue weighted by Crippen LogP contribution is 2.25. The van der Waals surface area contributed by atoms with E-state index in [4.69, 9.17) is 0 Å². The average molecular weight is 461 g/mol. The van der Waals surface area contributed by atoms with E-state index in [-0.39, 0.29) is 11.4 Å². The minimum absolute atomic E-state index is 0.0194. The highest BCUT2D eigenvalue weighted by atomic mass is 19.1. The SMILES string of the molecule is Cc1ccc(-n2c(C)cc(/C=C3/NC(=O)N(CC(=O)Nc4ccccc4F)C3=O)c2C)cc1C. The van der Waals surface area contributed by atoms with Crippen molar-refractivity contribution in [1.29, 1.82) is 0 Å². The first-order valence-electron chi connectivity index (χ1n) is 10.8. The number of carbonyl (C=O) groups is 3. The molecule has 2 aromatic carbocycles. The van der Waals surface area contributed by atoms with Crippen molar-refractivity contribution < 1.29 is 18.8 Å². The highest BCUT2D eigenvalue weighted by molar-refractivity contribution is 6.16. The highest BCUT2D eigenvalue weighted by Gasteiger charge is 2.35. The van der Waals surface area contributed by atoms with Gasteiger partial charge in [0.25, 0.3) is 5.91 Å². The maximum Gasteiger partial charge on any atom is 0.329 e. The Labute approximate surface area is 196 Å². The van der Waals surface area contributed by atoms with Crippen molar-refractivity contribution in [3.05, 3.63) is 88.1 Å². The number of rotatable bonds is 5. The van der Waals surface area contributed by atoms with Gasteiger partial charge in [-0.15, -0.1) is 0 Å². The van der Waals surface area contributed by atoms with E-state index in [0.29, 0.717) is 0 Å². The Bertz CT molecular complexity index is 1360. The van der Waals surface area contributed by atoms with Crippen LogP contribution in [0, 0.1) is 33.5 Å². The minimum Gasteiger partial charge on any atom is -0.322 e. The molecular formula is C26H25FN4O3. The topological polar surface area (TPSA) is 83.4 Å². The van der Waals surface area contributed by atoms with E-state index in [2.05, 4.69) is 41.2 Å². The minimum atomic E-state index is -0.706. The summed E-state index contributed by atoms with van der Waals surface area (Å²) in [6.07, 6.45) is 1.61. The molecule has 1 aliphatic heterocycles. The average Bonchev–Trinajstić information content (AvgIpc) is 3.21. The third kappa shape index (κ3) is 4.34. The first kappa shape index (κ1) is 23.0. The molecule has 1 saturated heterocycles. The summed E-state index contributed by atoms with van der Waals surface area (Å²) in [7, 11) is 0. The van der Waals surface area contributed by atoms with Crippen LogP contribution in [0.5, 0.6) is 0 Å². The molecule has 0 unspecified atom stereocenters. The molecule has 0 radical (unpaired) electrons. The summed E-state index contributed by atoms with van der Waals surface area (Å²) >= 11 is 0. The van der Waals surface area contributed by atoms with Crippen LogP contribution in [0.4, 0.5) is 14.9 Å². The normalized spacial score (nSPS) is 14.6. The van der Waals surface area contributed by atoms with E-state index in [1.165, 1.54) is 29.3 Å². The summed E-state index contributed by atoms with van der Waals surface area (Å²) in [5.74, 6) is -1.90. The molecule has 1 fully saturated rings. The lowest BCUT2D eigenvalue weighted by molar-refractivity contribution is -0.127. The van der Waals surface area contributed by atoms with Gasteiger partial charge in [0, 0.05) is 17.1 Å². The predicted molar refractivity (Wildman–Crippen MR) is 128 cm³/mol. The summed E-state index contributed by atoms with van der Waals surface area (Å²) in [4.78, 5) is 38.3. The summed E-state index contributed by atoms with van der Waals surface area (Å²) in [5.41, 5.74) is 6.10. The lowest BCUT2D eigenvalue weighted by Gasteiger charge is -2.12. The Kier molecular flexibility index (Phi) is 6.06. The zero-order valence-electron chi connectivity index (χ0n) is 19.4. The zero-order chi connectivity index (χ0) is 24.6. The lowest BCUT2D eigenvalue weighted by Crippen LogP contribution is -2.38. The first-order valence-corrected chi connectivity index (χ1v) is 10.8. The molecule has 0 atom stereocenters. The van der Waals surface area contributed by atoms with Crippen LogP contribution in [-0.2, 0) is 9.59 Å². The second-order valence-corrected chi connectivity index (χ2v) is 8.34. The Balaban J connectivity index is 1.55. The van der Waals surface area contributed by atoms with Crippen molar-refractivity contribution in [2.45, 2.75) is 27.7 Å². The smallest absolute Gasteiger partial charge is 0.322 e. The number of imide groups is 1. The van der Waals surface area contributed by atoms with Gasteiger partial charge in [0.15, 0.2) is 0 Å². The van der Waals surface area contributed by atoms with Gasteiger partial charge in [-0.1, -0.05) is 18.2 Å². The molecule has 0 saturated carbocycles. The third-order valence-electron chi connectivity index (χ3n) is 5.93. The molecule has 0 spiro atoms. The van der Waals surface area contributed by atoms with Gasteiger partial charge in [0.1, 0.15) is 18.1 Å². The largest absolute Gasteiger partial charge is 0.329 e. The fourth-order valence-corrected chi connectivity index (χ4v) is 3.96. The molecule has 4 rings (SSSR count). The predicted octanol–water partition coefficient (Wildman–Crippen LogP) is 4.38. The molecular weight excluding hydrogens is 435 g/mol. The standard InChI is InChI=1S/C26H25FN4O3/c1-15-9-10-20(11-16(15)2)31-17(3)12-19(18(31)4)13-23-25(33)30(26(34)29-23)14-24(32)28-22-8-6-5-7-21(22)27/h5-13H,14H2,1-4H3,(H,28,32)(H,29,34)/b23-13+. The number of nitrogens with one attached hydrogen (secondary N) is 2. The number of aromatic nitrogens is 1. The van der Waals surface area contributed by atoms with Gasteiger partial charge in [-0.3, -0.25) is 9.59 Å². The second-order valence-electron chi connectivity index (χ2n) is 8.34. The van der Waals surface area contributed by atoms with Gasteiger partial charge in [0.05, 0.1) is 5.69 Å². The zero-order valence-corrected chi connectivity index (χ0v) is 19.4. The number of hydrogen-bond donors (Lipinski definition) is 2. The van der Waals surface area contributed by atoms with Crippen LogP contribution < -0.4 is 10.6 Å². The van der Waals surface area contributed by atoms with Crippen LogP contribution >= 0.6 is 0 Å². The Morgan fingerprint density at radius 1 is 1.03 bits per heavy atom. The van der Waals surface area contributed by atoms with Crippen molar-refractivity contribution in [2.24, 2.45) is 0 Å². The van der Waals surface area contributed by atoms with Crippen LogP contribution in [0.25, 0.3) is 11.8 Å². The molecule has 7 nitrogen and oxygen atoms in total. The van der Waals surface area contributed by atoms with Gasteiger partial charge in [-0.2, -0.15) is 0 Å². The van der Waals surface area contributed by atoms with Gasteiger partial charge in [-0.25, -0.2) is 14.1 Å². The van der Waals surface area contributed by atoms with Crippen molar-refractivity contribution in [3.8, 4) is 5.69 Å². The van der Waals surface area contributed by atoms with Crippen LogP contribution in [0.2, 0.25) is 0 Å². The Morgan fingerprint density at radius 3 is 2.47 bits per heavy atom. The number of para-hydroxylation sites is 1. The van der Waals surface area contributed by atoms with Gasteiger partial charge in [-0.05, 0) is 80.8 Å². The Morgan fingerprint density at radius 2 is 1.76 bits per heavy atom. The first-order chi connectivity index (χ1) is 16.2. The molecule has 1 aromatic heterocycles. The quantitative estimate of drug-likeness (QED) is 0.438. The molecule has 3 aromatic rings. The molecule has 2 N–H and O–H groups in total. The molecule has 0 aliphatic carbocycles. The molecule has 2 heterocycles. The number of hydrogen-bond acceptors (Lipinski definition) is 3. The number of amides is 4. The second kappa shape index (κ2) is 8.97. The van der Waals surface area contributed by atoms with Crippen molar-refractivity contribution in [3.63, 3.8) is 0 Å². The van der Waals surface area contributed by atoms with Crippen LogP contribution in [0.15, 0.2) is 54.2 Å². The van der Waals surface area contributed by atoms with Crippen molar-refractivity contribution in [1.82, 2.24) is 14.8 Å². The maximum absolute atomic E-state index is 13.8. The number of aryl methyl sites for hydroxylation is 3. The summed E-state index contributed by atoms with van der Waals surface area (Å²) in [5, 5.41) is 4.91. The molecule has 174 valence electrons. The molecule has 34 heavy (non-hydrogen) atoms. The van der Waals surface area contributed by atoms with E-state index in [0.717, 1.165) is 27.5 Å². The van der Waals surface area contributed by atoms with Gasteiger partial charge >= 0.3 is 6.03 Å². The van der Waals surface area contributed by atoms with Crippen LogP contribution in [-0.4, -0.2) is 33.9 Å². The monoisotopic (exact) mass is 460 g/mol. The number of carbonyl (C=O) groups excluding carboxylic acids is 3. The number of benzene rings is 2. The van der Waals surface area contributed by atoms with Gasteiger partial charge < -0.3 is 15.2 Å². The third-order valence-corrected chi connectivity index (χ3v) is 5.93. The number of nitrogens with zero attached hydrogens (tertiary/aromatic N) is 2.